The van der Waals surface area contributed by atoms with E-state index in [1.165, 1.54) is 25.7 Å². The maximum Gasteiger partial charge on any atom is 0.239 e. The van der Waals surface area contributed by atoms with E-state index < -0.39 is 0 Å². The number of pyridine rings is 1. The Hall–Kier alpha value is -2.98. The van der Waals surface area contributed by atoms with Gasteiger partial charge in [-0.2, -0.15) is 0 Å². The number of benzene rings is 1. The highest BCUT2D eigenvalue weighted by molar-refractivity contribution is 8.00. The first-order valence-corrected chi connectivity index (χ1v) is 11.7. The van der Waals surface area contributed by atoms with E-state index in [1.54, 1.807) is 39.3 Å². The van der Waals surface area contributed by atoms with Gasteiger partial charge < -0.3 is 19.3 Å². The number of nitrogens with one attached hydrogen (secondary N) is 1. The fourth-order valence-electron chi connectivity index (χ4n) is 3.56. The van der Waals surface area contributed by atoms with E-state index in [2.05, 4.69) is 19.9 Å². The topological polar surface area (TPSA) is 104 Å². The summed E-state index contributed by atoms with van der Waals surface area (Å²) in [4.78, 5) is 4.55. The fourth-order valence-corrected chi connectivity index (χ4v) is 4.37. The Morgan fingerprint density at radius 2 is 1.70 bits per heavy atom. The van der Waals surface area contributed by atoms with Crippen LogP contribution in [0.3, 0.4) is 0 Å². The summed E-state index contributed by atoms with van der Waals surface area (Å²) in [7, 11) is 5.85. The monoisotopic (exact) mass is 473 g/mol. The second kappa shape index (κ2) is 12.3. The minimum absolute atomic E-state index is 0.503. The molecule has 178 valence electrons. The molecule has 1 aromatic carbocycles. The van der Waals surface area contributed by atoms with Gasteiger partial charge in [0.1, 0.15) is 22.9 Å². The second-order valence-corrected chi connectivity index (χ2v) is 8.20. The zero-order valence-corrected chi connectivity index (χ0v) is 20.3. The van der Waals surface area contributed by atoms with Crippen LogP contribution in [-0.2, 0) is 0 Å². The van der Waals surface area contributed by atoms with E-state index in [0.29, 0.717) is 40.5 Å². The van der Waals surface area contributed by atoms with Crippen LogP contribution in [0.1, 0.15) is 25.7 Å². The van der Waals surface area contributed by atoms with Crippen molar-refractivity contribution in [2.75, 3.05) is 38.9 Å². The predicted octanol–water partition coefficient (Wildman–Crippen LogP) is 4.21. The molecule has 4 rings (SSSR count). The van der Waals surface area contributed by atoms with Gasteiger partial charge in [-0.15, -0.1) is 10.2 Å². The Morgan fingerprint density at radius 1 is 1.00 bits per heavy atom. The Labute approximate surface area is 198 Å². The highest BCUT2D eigenvalue weighted by Crippen LogP contribution is 2.38. The van der Waals surface area contributed by atoms with Crippen LogP contribution in [0.4, 0.5) is 5.95 Å². The smallest absolute Gasteiger partial charge is 0.239 e. The van der Waals surface area contributed by atoms with Crippen LogP contribution in [0.25, 0.3) is 17.2 Å². The summed E-state index contributed by atoms with van der Waals surface area (Å²) in [6, 6.07) is 11.2. The lowest BCUT2D eigenvalue weighted by atomic mass is 9.84. The third-order valence-electron chi connectivity index (χ3n) is 5.47. The van der Waals surface area contributed by atoms with Gasteiger partial charge in [0.05, 0.1) is 21.3 Å². The van der Waals surface area contributed by atoms with Crippen molar-refractivity contribution >= 4 is 17.9 Å². The highest BCUT2D eigenvalue weighted by Gasteiger charge is 2.23. The molecule has 0 bridgehead atoms. The molecule has 3 aromatic rings. The predicted molar refractivity (Wildman–Crippen MR) is 130 cm³/mol. The first-order chi connectivity index (χ1) is 16.2. The van der Waals surface area contributed by atoms with Crippen molar-refractivity contribution in [1.29, 1.82) is 0 Å². The molecule has 0 spiro atoms. The summed E-state index contributed by atoms with van der Waals surface area (Å²) in [6.07, 6.45) is 5.26. The molecule has 1 saturated carbocycles. The molecule has 2 aromatic heterocycles. The van der Waals surface area contributed by atoms with Gasteiger partial charge in [-0.05, 0) is 30.5 Å². The standard InChI is InChI=1S/C22H27N5O3S.CH4O/c1-28-17-10-6-11-18(29-2)20(17)27-21(16-9-5-12-19(23-16)30-3)24-25-22(27)26-31-14-13-15-7-4-8-15;1-2/h5-6,9-12,15H,4,7-8,13-14H2,1-3H3,(H,25,26);2H,1H3. The fraction of sp³-hybridized carbons (Fsp3) is 0.435. The van der Waals surface area contributed by atoms with Crippen molar-refractivity contribution in [3.8, 4) is 34.6 Å². The van der Waals surface area contributed by atoms with E-state index in [1.807, 2.05) is 34.9 Å². The van der Waals surface area contributed by atoms with Crippen LogP contribution in [0.5, 0.6) is 17.4 Å². The van der Waals surface area contributed by atoms with Crippen molar-refractivity contribution < 1.29 is 19.3 Å². The third-order valence-corrected chi connectivity index (χ3v) is 6.23. The van der Waals surface area contributed by atoms with Gasteiger partial charge in [-0.3, -0.25) is 9.29 Å². The highest BCUT2D eigenvalue weighted by atomic mass is 32.2. The van der Waals surface area contributed by atoms with Crippen molar-refractivity contribution in [1.82, 2.24) is 19.7 Å². The number of rotatable bonds is 10. The average molecular weight is 474 g/mol. The summed E-state index contributed by atoms with van der Waals surface area (Å²) >= 11 is 1.64. The van der Waals surface area contributed by atoms with Crippen molar-refractivity contribution in [3.05, 3.63) is 36.4 Å². The number of aliphatic hydroxyl groups excluding tert-OH is 1. The quantitative estimate of drug-likeness (QED) is 0.331. The Morgan fingerprint density at radius 3 is 2.30 bits per heavy atom. The molecule has 2 N–H and O–H groups in total. The first-order valence-electron chi connectivity index (χ1n) is 10.8. The Balaban J connectivity index is 0.00000149. The van der Waals surface area contributed by atoms with E-state index in [-0.39, 0.29) is 0 Å². The zero-order valence-electron chi connectivity index (χ0n) is 19.4. The van der Waals surface area contributed by atoms with E-state index in [0.717, 1.165) is 18.8 Å². The summed E-state index contributed by atoms with van der Waals surface area (Å²) < 4.78 is 21.8. The summed E-state index contributed by atoms with van der Waals surface area (Å²) in [5, 5.41) is 15.9. The second-order valence-electron chi connectivity index (χ2n) is 7.30. The van der Waals surface area contributed by atoms with Crippen molar-refractivity contribution in [2.45, 2.75) is 25.7 Å². The lowest BCUT2D eigenvalue weighted by Gasteiger charge is -2.24. The molecular formula is C23H31N5O4S. The van der Waals surface area contributed by atoms with Crippen LogP contribution >= 0.6 is 11.9 Å². The number of hydrogen-bond donors (Lipinski definition) is 2. The minimum Gasteiger partial charge on any atom is -0.494 e. The number of aliphatic hydroxyl groups is 1. The van der Waals surface area contributed by atoms with Gasteiger partial charge in [0.15, 0.2) is 5.82 Å². The molecule has 0 radical (unpaired) electrons. The van der Waals surface area contributed by atoms with Gasteiger partial charge in [0, 0.05) is 18.9 Å². The minimum atomic E-state index is 0.503. The van der Waals surface area contributed by atoms with Crippen LogP contribution in [0.15, 0.2) is 36.4 Å². The van der Waals surface area contributed by atoms with Crippen molar-refractivity contribution in [2.24, 2.45) is 5.92 Å². The van der Waals surface area contributed by atoms with E-state index >= 15 is 0 Å². The zero-order chi connectivity index (χ0) is 23.6. The number of hydrogen-bond acceptors (Lipinski definition) is 9. The van der Waals surface area contributed by atoms with Crippen LogP contribution in [0, 0.1) is 5.92 Å². The summed E-state index contributed by atoms with van der Waals surface area (Å²) in [5.41, 5.74) is 1.34. The first kappa shape index (κ1) is 24.7. The lowest BCUT2D eigenvalue weighted by Crippen LogP contribution is -2.12. The lowest BCUT2D eigenvalue weighted by molar-refractivity contribution is 0.309. The molecule has 0 amide bonds. The van der Waals surface area contributed by atoms with Crippen LogP contribution < -0.4 is 18.9 Å². The van der Waals surface area contributed by atoms with Gasteiger partial charge >= 0.3 is 0 Å². The number of methoxy groups -OCH3 is 3. The molecule has 1 aliphatic rings. The van der Waals surface area contributed by atoms with Gasteiger partial charge in [-0.25, -0.2) is 4.98 Å². The van der Waals surface area contributed by atoms with Gasteiger partial charge in [0.2, 0.25) is 11.8 Å². The van der Waals surface area contributed by atoms with Crippen molar-refractivity contribution in [3.63, 3.8) is 0 Å². The number of nitrogens with zero attached hydrogens (tertiary/aromatic N) is 4. The average Bonchev–Trinajstić information content (AvgIpc) is 3.26. The number of aromatic nitrogens is 4. The number of anilines is 1. The molecule has 0 unspecified atom stereocenters. The summed E-state index contributed by atoms with van der Waals surface area (Å²) in [6.45, 7) is 0. The Bertz CT molecular complexity index is 1000. The molecule has 1 aliphatic carbocycles. The molecule has 0 aliphatic heterocycles. The summed E-state index contributed by atoms with van der Waals surface area (Å²) in [5.74, 6) is 4.80. The van der Waals surface area contributed by atoms with Crippen LogP contribution in [0.2, 0.25) is 0 Å². The maximum absolute atomic E-state index is 7.00. The van der Waals surface area contributed by atoms with E-state index in [9.17, 15) is 0 Å². The SMILES string of the molecule is CO.COc1cccc(-c2nnc(NSCCC3CCC3)n2-c2c(OC)cccc2OC)n1. The molecule has 33 heavy (non-hydrogen) atoms. The van der Waals surface area contributed by atoms with Gasteiger partial charge in [0.25, 0.3) is 0 Å². The van der Waals surface area contributed by atoms with E-state index in [4.69, 9.17) is 19.3 Å². The molecule has 9 nitrogen and oxygen atoms in total. The van der Waals surface area contributed by atoms with Gasteiger partial charge in [-0.1, -0.05) is 43.3 Å². The number of ether oxygens (including phenoxy) is 3. The molecule has 10 heteroatoms. The maximum atomic E-state index is 7.00. The molecular weight excluding hydrogens is 442 g/mol. The third kappa shape index (κ3) is 5.69. The normalized spacial score (nSPS) is 12.9. The largest absolute Gasteiger partial charge is 0.494 e. The number of para-hydroxylation sites is 1. The Kier molecular flexibility index (Phi) is 9.20. The van der Waals surface area contributed by atoms with Crippen LogP contribution in [-0.4, -0.2) is 59.0 Å². The molecule has 0 saturated heterocycles. The molecule has 2 heterocycles. The molecule has 0 atom stereocenters. The molecule has 1 fully saturated rings.